The lowest BCUT2D eigenvalue weighted by Crippen LogP contribution is -2.34. The summed E-state index contributed by atoms with van der Waals surface area (Å²) in [6, 6.07) is 2.18. The topological polar surface area (TPSA) is 49.3 Å². The molecule has 20 heavy (non-hydrogen) atoms. The van der Waals surface area contributed by atoms with Gasteiger partial charge in [-0.1, -0.05) is 37.5 Å². The molecule has 1 aromatic rings. The minimum atomic E-state index is 0.000184. The van der Waals surface area contributed by atoms with Crippen molar-refractivity contribution in [3.05, 3.63) is 21.9 Å². The van der Waals surface area contributed by atoms with E-state index in [0.29, 0.717) is 17.3 Å². The maximum atomic E-state index is 12.3. The first-order valence-corrected chi connectivity index (χ1v) is 8.17. The first-order chi connectivity index (χ1) is 9.81. The van der Waals surface area contributed by atoms with Crippen LogP contribution in [0, 0.1) is 11.8 Å². The molecule has 0 bridgehead atoms. The second-order valence-electron chi connectivity index (χ2n) is 5.10. The van der Waals surface area contributed by atoms with Gasteiger partial charge in [0.2, 0.25) is 0 Å². The monoisotopic (exact) mass is 291 g/mol. The fourth-order valence-corrected chi connectivity index (χ4v) is 3.22. The third-order valence-corrected chi connectivity index (χ3v) is 4.43. The Morgan fingerprint density at radius 2 is 2.10 bits per heavy atom. The molecule has 0 aliphatic heterocycles. The Bertz CT molecular complexity index is 490. The summed E-state index contributed by atoms with van der Waals surface area (Å²) in [4.78, 5) is 13.0. The maximum absolute atomic E-state index is 12.3. The van der Waals surface area contributed by atoms with Gasteiger partial charge < -0.3 is 10.4 Å². The van der Waals surface area contributed by atoms with Crippen LogP contribution in [0.1, 0.15) is 60.2 Å². The number of rotatable bonds is 3. The molecule has 4 heteroatoms. The zero-order chi connectivity index (χ0) is 14.2. The number of nitrogens with one attached hydrogen (secondary N) is 1. The molecule has 0 spiro atoms. The first-order valence-electron chi connectivity index (χ1n) is 7.29. The van der Waals surface area contributed by atoms with Gasteiger partial charge in [0.25, 0.3) is 5.91 Å². The molecular weight excluding hydrogens is 270 g/mol. The molecule has 1 heterocycles. The molecule has 1 saturated carbocycles. The smallest absolute Gasteiger partial charge is 0.262 e. The first kappa shape index (κ1) is 15.1. The summed E-state index contributed by atoms with van der Waals surface area (Å²) in [5.41, 5.74) is 0.773. The highest BCUT2D eigenvalue weighted by molar-refractivity contribution is 7.12. The van der Waals surface area contributed by atoms with E-state index in [0.717, 1.165) is 18.4 Å². The van der Waals surface area contributed by atoms with Crippen LogP contribution >= 0.6 is 11.3 Å². The van der Waals surface area contributed by atoms with Crippen LogP contribution in [-0.2, 0) is 0 Å². The van der Waals surface area contributed by atoms with Gasteiger partial charge in [0.15, 0.2) is 0 Å². The van der Waals surface area contributed by atoms with Gasteiger partial charge in [0.05, 0.1) is 6.61 Å². The van der Waals surface area contributed by atoms with Crippen molar-refractivity contribution in [3.63, 3.8) is 0 Å². The second-order valence-corrected chi connectivity index (χ2v) is 6.02. The minimum Gasteiger partial charge on any atom is -0.395 e. The summed E-state index contributed by atoms with van der Waals surface area (Å²) in [5.74, 6) is 5.84. The number of hydrogen-bond acceptors (Lipinski definition) is 3. The summed E-state index contributed by atoms with van der Waals surface area (Å²) in [6.07, 6.45) is 7.59. The van der Waals surface area contributed by atoms with Gasteiger partial charge in [-0.25, -0.2) is 0 Å². The molecule has 3 nitrogen and oxygen atoms in total. The van der Waals surface area contributed by atoms with E-state index in [2.05, 4.69) is 17.2 Å². The number of aliphatic hydroxyl groups excluding tert-OH is 1. The Morgan fingerprint density at radius 1 is 1.35 bits per heavy atom. The average Bonchev–Trinajstić information content (AvgIpc) is 2.76. The summed E-state index contributed by atoms with van der Waals surface area (Å²) < 4.78 is 0. The van der Waals surface area contributed by atoms with Crippen LogP contribution in [0.3, 0.4) is 0 Å². The number of carbonyl (C=O) groups is 1. The lowest BCUT2D eigenvalue weighted by Gasteiger charge is -2.15. The van der Waals surface area contributed by atoms with Gasteiger partial charge in [0.1, 0.15) is 4.88 Å². The standard InChI is InChI=1S/C16H21NO2S/c18-11-6-5-7-13-10-12-20-15(13)16(19)17-14-8-3-1-2-4-9-14/h10,12,14,18H,1-4,6,8-9,11H2,(H,17,19). The summed E-state index contributed by atoms with van der Waals surface area (Å²) in [6.45, 7) is 0.0563. The Hall–Kier alpha value is -1.31. The Labute approximate surface area is 124 Å². The van der Waals surface area contributed by atoms with Crippen molar-refractivity contribution in [2.24, 2.45) is 0 Å². The van der Waals surface area contributed by atoms with E-state index in [1.54, 1.807) is 0 Å². The zero-order valence-corrected chi connectivity index (χ0v) is 12.5. The van der Waals surface area contributed by atoms with E-state index >= 15 is 0 Å². The predicted octanol–water partition coefficient (Wildman–Crippen LogP) is 2.93. The van der Waals surface area contributed by atoms with E-state index in [9.17, 15) is 4.79 Å². The third-order valence-electron chi connectivity index (χ3n) is 3.52. The van der Waals surface area contributed by atoms with Crippen LogP contribution in [0.5, 0.6) is 0 Å². The summed E-state index contributed by atoms with van der Waals surface area (Å²) in [5, 5.41) is 13.8. The Kier molecular flexibility index (Phi) is 6.10. The Balaban J connectivity index is 1.98. The molecule has 1 aliphatic rings. The number of hydrogen-bond donors (Lipinski definition) is 2. The van der Waals surface area contributed by atoms with Crippen LogP contribution in [0.2, 0.25) is 0 Å². The van der Waals surface area contributed by atoms with Crippen LogP contribution in [0.25, 0.3) is 0 Å². The van der Waals surface area contributed by atoms with Gasteiger partial charge >= 0.3 is 0 Å². The van der Waals surface area contributed by atoms with Crippen molar-refractivity contribution < 1.29 is 9.90 Å². The number of thiophene rings is 1. The quantitative estimate of drug-likeness (QED) is 0.664. The molecule has 2 rings (SSSR count). The van der Waals surface area contributed by atoms with E-state index in [1.165, 1.54) is 37.0 Å². The van der Waals surface area contributed by atoms with E-state index in [-0.39, 0.29) is 12.5 Å². The zero-order valence-electron chi connectivity index (χ0n) is 11.7. The van der Waals surface area contributed by atoms with Gasteiger partial charge in [-0.15, -0.1) is 11.3 Å². The maximum Gasteiger partial charge on any atom is 0.262 e. The summed E-state index contributed by atoms with van der Waals surface area (Å²) in [7, 11) is 0. The van der Waals surface area contributed by atoms with Crippen molar-refractivity contribution in [1.29, 1.82) is 0 Å². The molecule has 1 amide bonds. The van der Waals surface area contributed by atoms with E-state index < -0.39 is 0 Å². The lowest BCUT2D eigenvalue weighted by molar-refractivity contribution is 0.0937. The normalized spacial score (nSPS) is 16.1. The van der Waals surface area contributed by atoms with Crippen molar-refractivity contribution >= 4 is 17.2 Å². The van der Waals surface area contributed by atoms with Crippen LogP contribution in [-0.4, -0.2) is 23.7 Å². The van der Waals surface area contributed by atoms with Gasteiger partial charge in [-0.2, -0.15) is 0 Å². The van der Waals surface area contributed by atoms with Crippen LogP contribution in [0.4, 0.5) is 0 Å². The van der Waals surface area contributed by atoms with Crippen LogP contribution < -0.4 is 5.32 Å². The lowest BCUT2D eigenvalue weighted by atomic mass is 10.1. The van der Waals surface area contributed by atoms with Crippen molar-refractivity contribution in [1.82, 2.24) is 5.32 Å². The molecular formula is C16H21NO2S. The highest BCUT2D eigenvalue weighted by atomic mass is 32.1. The van der Waals surface area contributed by atoms with Crippen LogP contribution in [0.15, 0.2) is 11.4 Å². The molecule has 0 saturated heterocycles. The fraction of sp³-hybridized carbons (Fsp3) is 0.562. The average molecular weight is 291 g/mol. The van der Waals surface area contributed by atoms with Crippen molar-refractivity contribution in [2.45, 2.75) is 51.0 Å². The van der Waals surface area contributed by atoms with E-state index in [1.807, 2.05) is 11.4 Å². The van der Waals surface area contributed by atoms with Gasteiger partial charge in [-0.3, -0.25) is 4.79 Å². The molecule has 0 unspecified atom stereocenters. The number of aliphatic hydroxyl groups is 1. The van der Waals surface area contributed by atoms with E-state index in [4.69, 9.17) is 5.11 Å². The highest BCUT2D eigenvalue weighted by Crippen LogP contribution is 2.20. The summed E-state index contributed by atoms with van der Waals surface area (Å²) >= 11 is 1.43. The fourth-order valence-electron chi connectivity index (χ4n) is 2.47. The predicted molar refractivity (Wildman–Crippen MR) is 81.9 cm³/mol. The SMILES string of the molecule is O=C(NC1CCCCCC1)c1sccc1C#CCCO. The van der Waals surface area contributed by atoms with Crippen molar-refractivity contribution in [2.75, 3.05) is 6.61 Å². The molecule has 1 aliphatic carbocycles. The van der Waals surface area contributed by atoms with Crippen molar-refractivity contribution in [3.8, 4) is 11.8 Å². The number of amides is 1. The molecule has 1 fully saturated rings. The highest BCUT2D eigenvalue weighted by Gasteiger charge is 2.18. The minimum absolute atomic E-state index is 0.000184. The Morgan fingerprint density at radius 3 is 2.80 bits per heavy atom. The number of carbonyl (C=O) groups excluding carboxylic acids is 1. The molecule has 108 valence electrons. The molecule has 1 aromatic heterocycles. The van der Waals surface area contributed by atoms with Gasteiger partial charge in [0, 0.05) is 18.0 Å². The molecule has 0 aromatic carbocycles. The van der Waals surface area contributed by atoms with Gasteiger partial charge in [-0.05, 0) is 24.3 Å². The second kappa shape index (κ2) is 8.08. The third kappa shape index (κ3) is 4.36. The largest absolute Gasteiger partial charge is 0.395 e. The molecule has 0 radical (unpaired) electrons. The molecule has 0 atom stereocenters. The molecule has 2 N–H and O–H groups in total.